The molecular formula is C12H18N2. The number of rotatable bonds is 2. The van der Waals surface area contributed by atoms with E-state index in [0.29, 0.717) is 0 Å². The Hall–Kier alpha value is -1.05. The van der Waals surface area contributed by atoms with Crippen molar-refractivity contribution < 1.29 is 0 Å². The SMILES string of the molecule is CC(C)(C)Nc1cccc(C2CC2)n1. The van der Waals surface area contributed by atoms with Gasteiger partial charge in [0.05, 0.1) is 0 Å². The molecule has 0 amide bonds. The van der Waals surface area contributed by atoms with Gasteiger partial charge in [-0.2, -0.15) is 0 Å². The Morgan fingerprint density at radius 3 is 2.57 bits per heavy atom. The van der Waals surface area contributed by atoms with E-state index < -0.39 is 0 Å². The van der Waals surface area contributed by atoms with E-state index in [1.807, 2.05) is 6.07 Å². The second-order valence-corrected chi connectivity index (χ2v) is 5.10. The Balaban J connectivity index is 2.13. The van der Waals surface area contributed by atoms with Crippen LogP contribution in [0.2, 0.25) is 0 Å². The molecule has 1 aliphatic rings. The molecule has 1 N–H and O–H groups in total. The third kappa shape index (κ3) is 2.47. The lowest BCUT2D eigenvalue weighted by atomic mass is 10.1. The first kappa shape index (κ1) is 9.50. The minimum atomic E-state index is 0.0924. The lowest BCUT2D eigenvalue weighted by Crippen LogP contribution is -2.26. The van der Waals surface area contributed by atoms with E-state index >= 15 is 0 Å². The molecule has 1 heterocycles. The minimum absolute atomic E-state index is 0.0924. The Labute approximate surface area is 85.7 Å². The van der Waals surface area contributed by atoms with Gasteiger partial charge in [-0.15, -0.1) is 0 Å². The molecule has 0 saturated heterocycles. The molecule has 0 radical (unpaired) electrons. The van der Waals surface area contributed by atoms with Crippen molar-refractivity contribution in [3.63, 3.8) is 0 Å². The van der Waals surface area contributed by atoms with Crippen molar-refractivity contribution in [3.8, 4) is 0 Å². The Morgan fingerprint density at radius 1 is 1.29 bits per heavy atom. The molecule has 14 heavy (non-hydrogen) atoms. The van der Waals surface area contributed by atoms with Gasteiger partial charge in [-0.05, 0) is 45.7 Å². The molecule has 1 aliphatic carbocycles. The molecule has 0 unspecified atom stereocenters. The Bertz CT molecular complexity index is 321. The molecule has 1 aromatic heterocycles. The number of anilines is 1. The van der Waals surface area contributed by atoms with Crippen molar-refractivity contribution in [2.24, 2.45) is 0 Å². The van der Waals surface area contributed by atoms with Crippen LogP contribution in [0.3, 0.4) is 0 Å². The van der Waals surface area contributed by atoms with Gasteiger partial charge in [0.1, 0.15) is 5.82 Å². The van der Waals surface area contributed by atoms with E-state index in [-0.39, 0.29) is 5.54 Å². The quantitative estimate of drug-likeness (QED) is 0.774. The van der Waals surface area contributed by atoms with Crippen LogP contribution in [-0.2, 0) is 0 Å². The summed E-state index contributed by atoms with van der Waals surface area (Å²) in [5.74, 6) is 1.73. The van der Waals surface area contributed by atoms with Gasteiger partial charge in [0.15, 0.2) is 0 Å². The molecule has 1 saturated carbocycles. The summed E-state index contributed by atoms with van der Waals surface area (Å²) in [6, 6.07) is 6.26. The van der Waals surface area contributed by atoms with Crippen LogP contribution in [0.1, 0.15) is 45.2 Å². The van der Waals surface area contributed by atoms with E-state index in [1.165, 1.54) is 18.5 Å². The predicted molar refractivity (Wildman–Crippen MR) is 59.6 cm³/mol. The van der Waals surface area contributed by atoms with Crippen LogP contribution in [0.4, 0.5) is 5.82 Å². The van der Waals surface area contributed by atoms with E-state index in [0.717, 1.165) is 11.7 Å². The van der Waals surface area contributed by atoms with Gasteiger partial charge in [-0.3, -0.25) is 0 Å². The Kier molecular flexibility index (Phi) is 2.22. The number of pyridine rings is 1. The maximum absolute atomic E-state index is 4.61. The van der Waals surface area contributed by atoms with E-state index in [9.17, 15) is 0 Å². The zero-order valence-corrected chi connectivity index (χ0v) is 9.17. The maximum Gasteiger partial charge on any atom is 0.126 e. The monoisotopic (exact) mass is 190 g/mol. The van der Waals surface area contributed by atoms with Crippen molar-refractivity contribution in [2.75, 3.05) is 5.32 Å². The van der Waals surface area contributed by atoms with Crippen molar-refractivity contribution in [1.82, 2.24) is 4.98 Å². The average Bonchev–Trinajstić information content (AvgIpc) is 2.83. The van der Waals surface area contributed by atoms with Crippen LogP contribution in [0, 0.1) is 0 Å². The summed E-state index contributed by atoms with van der Waals surface area (Å²) in [6.07, 6.45) is 2.62. The fourth-order valence-corrected chi connectivity index (χ4v) is 1.51. The highest BCUT2D eigenvalue weighted by Crippen LogP contribution is 2.39. The Morgan fingerprint density at radius 2 is 2.00 bits per heavy atom. The summed E-state index contributed by atoms with van der Waals surface area (Å²) in [7, 11) is 0. The molecule has 76 valence electrons. The van der Waals surface area contributed by atoms with Crippen LogP contribution < -0.4 is 5.32 Å². The minimum Gasteiger partial charge on any atom is -0.365 e. The van der Waals surface area contributed by atoms with E-state index in [4.69, 9.17) is 0 Å². The number of hydrogen-bond donors (Lipinski definition) is 1. The number of nitrogens with one attached hydrogen (secondary N) is 1. The van der Waals surface area contributed by atoms with Gasteiger partial charge in [-0.25, -0.2) is 4.98 Å². The molecule has 2 nitrogen and oxygen atoms in total. The summed E-state index contributed by atoms with van der Waals surface area (Å²) in [5.41, 5.74) is 1.34. The van der Waals surface area contributed by atoms with Crippen LogP contribution >= 0.6 is 0 Å². The first-order chi connectivity index (χ1) is 6.54. The predicted octanol–water partition coefficient (Wildman–Crippen LogP) is 3.17. The lowest BCUT2D eigenvalue weighted by molar-refractivity contribution is 0.629. The molecule has 0 aliphatic heterocycles. The molecule has 2 rings (SSSR count). The molecule has 0 atom stereocenters. The van der Waals surface area contributed by atoms with E-state index in [1.54, 1.807) is 0 Å². The van der Waals surface area contributed by atoms with E-state index in [2.05, 4.69) is 43.2 Å². The van der Waals surface area contributed by atoms with Gasteiger partial charge in [0, 0.05) is 17.2 Å². The van der Waals surface area contributed by atoms with Crippen molar-refractivity contribution in [3.05, 3.63) is 23.9 Å². The zero-order valence-electron chi connectivity index (χ0n) is 9.17. The topological polar surface area (TPSA) is 24.9 Å². The molecule has 2 heteroatoms. The summed E-state index contributed by atoms with van der Waals surface area (Å²) in [4.78, 5) is 4.61. The maximum atomic E-state index is 4.61. The molecular weight excluding hydrogens is 172 g/mol. The number of nitrogens with zero attached hydrogens (tertiary/aromatic N) is 1. The molecule has 1 aromatic rings. The zero-order chi connectivity index (χ0) is 10.2. The van der Waals surface area contributed by atoms with Gasteiger partial charge in [-0.1, -0.05) is 6.07 Å². The summed E-state index contributed by atoms with van der Waals surface area (Å²) < 4.78 is 0. The third-order valence-corrected chi connectivity index (χ3v) is 2.27. The van der Waals surface area contributed by atoms with Crippen molar-refractivity contribution in [1.29, 1.82) is 0 Å². The molecule has 0 spiro atoms. The third-order valence-electron chi connectivity index (χ3n) is 2.27. The van der Waals surface area contributed by atoms with Crippen molar-refractivity contribution in [2.45, 2.75) is 45.1 Å². The fraction of sp³-hybridized carbons (Fsp3) is 0.583. The van der Waals surface area contributed by atoms with Crippen LogP contribution in [-0.4, -0.2) is 10.5 Å². The van der Waals surface area contributed by atoms with Gasteiger partial charge in [0.25, 0.3) is 0 Å². The summed E-state index contributed by atoms with van der Waals surface area (Å²) >= 11 is 0. The van der Waals surface area contributed by atoms with Crippen molar-refractivity contribution >= 4 is 5.82 Å². The highest BCUT2D eigenvalue weighted by atomic mass is 15.0. The standard InChI is InChI=1S/C12H18N2/c1-12(2,3)14-11-6-4-5-10(13-11)9-7-8-9/h4-6,9H,7-8H2,1-3H3,(H,13,14). The average molecular weight is 190 g/mol. The second-order valence-electron chi connectivity index (χ2n) is 5.10. The second kappa shape index (κ2) is 3.26. The lowest BCUT2D eigenvalue weighted by Gasteiger charge is -2.21. The first-order valence-corrected chi connectivity index (χ1v) is 5.30. The molecule has 0 aromatic carbocycles. The first-order valence-electron chi connectivity index (χ1n) is 5.30. The van der Waals surface area contributed by atoms with Gasteiger partial charge >= 0.3 is 0 Å². The van der Waals surface area contributed by atoms with Gasteiger partial charge in [0.2, 0.25) is 0 Å². The largest absolute Gasteiger partial charge is 0.365 e. The highest BCUT2D eigenvalue weighted by molar-refractivity contribution is 5.38. The summed E-state index contributed by atoms with van der Waals surface area (Å²) in [5, 5.41) is 3.39. The molecule has 0 bridgehead atoms. The van der Waals surface area contributed by atoms with Gasteiger partial charge < -0.3 is 5.32 Å². The normalized spacial score (nSPS) is 16.8. The summed E-state index contributed by atoms with van der Waals surface area (Å²) in [6.45, 7) is 6.45. The van der Waals surface area contributed by atoms with Crippen LogP contribution in [0.5, 0.6) is 0 Å². The smallest absolute Gasteiger partial charge is 0.126 e. The number of hydrogen-bond acceptors (Lipinski definition) is 2. The highest BCUT2D eigenvalue weighted by Gasteiger charge is 2.25. The fourth-order valence-electron chi connectivity index (χ4n) is 1.51. The molecule has 1 fully saturated rings. The van der Waals surface area contributed by atoms with Crippen LogP contribution in [0.25, 0.3) is 0 Å². The number of aromatic nitrogens is 1. The van der Waals surface area contributed by atoms with Crippen LogP contribution in [0.15, 0.2) is 18.2 Å².